The quantitative estimate of drug-likeness (QED) is 0.237. The fraction of sp³-hybridized carbons (Fsp3) is 0.231. The molecule has 0 radical (unpaired) electrons. The minimum atomic E-state index is -3.72. The highest BCUT2D eigenvalue weighted by atomic mass is 32.2. The molecule has 35 heavy (non-hydrogen) atoms. The van der Waals surface area contributed by atoms with Crippen molar-refractivity contribution in [3.8, 4) is 11.1 Å². The van der Waals surface area contributed by atoms with Gasteiger partial charge in [0.25, 0.3) is 0 Å². The summed E-state index contributed by atoms with van der Waals surface area (Å²) < 4.78 is 28.6. The van der Waals surface area contributed by atoms with Gasteiger partial charge in [-0.2, -0.15) is 0 Å². The van der Waals surface area contributed by atoms with Crippen LogP contribution in [-0.4, -0.2) is 31.7 Å². The fourth-order valence-corrected chi connectivity index (χ4v) is 5.12. The lowest BCUT2D eigenvalue weighted by Crippen LogP contribution is -2.40. The maximum absolute atomic E-state index is 12.9. The molecule has 3 aromatic carbocycles. The van der Waals surface area contributed by atoms with E-state index in [4.69, 9.17) is 11.1 Å². The average molecular weight is 494 g/mol. The molecule has 0 fully saturated rings. The van der Waals surface area contributed by atoms with Crippen molar-refractivity contribution in [2.24, 2.45) is 5.73 Å². The smallest absolute Gasteiger partial charge is 0.246 e. The Labute approximate surface area is 206 Å². The Morgan fingerprint density at radius 3 is 2.23 bits per heavy atom. The van der Waals surface area contributed by atoms with Gasteiger partial charge in [0.1, 0.15) is 11.9 Å². The molecule has 0 heterocycles. The average Bonchev–Trinajstić information content (AvgIpc) is 2.78. The van der Waals surface area contributed by atoms with E-state index in [0.29, 0.717) is 28.1 Å². The Bertz CT molecular complexity index is 1330. The Morgan fingerprint density at radius 1 is 0.943 bits per heavy atom. The van der Waals surface area contributed by atoms with Gasteiger partial charge in [0, 0.05) is 28.0 Å². The number of carbonyl (C=O) groups excluding carboxylic acids is 1. The lowest BCUT2D eigenvalue weighted by Gasteiger charge is -2.21. The number of nitrogen functional groups attached to an aromatic ring is 1. The second-order valence-electron chi connectivity index (χ2n) is 9.28. The highest BCUT2D eigenvalue weighted by Gasteiger charge is 2.24. The normalized spacial score (nSPS) is 12.6. The van der Waals surface area contributed by atoms with Gasteiger partial charge in [0.2, 0.25) is 15.9 Å². The topological polar surface area (TPSA) is 137 Å². The Kier molecular flexibility index (Phi) is 7.62. The number of amides is 1. The van der Waals surface area contributed by atoms with Crippen LogP contribution in [0.5, 0.6) is 0 Å². The van der Waals surface area contributed by atoms with Gasteiger partial charge in [-0.15, -0.1) is 0 Å². The number of nitrogens with one attached hydrogen (secondary N) is 4. The van der Waals surface area contributed by atoms with E-state index in [1.165, 1.54) is 0 Å². The fourth-order valence-electron chi connectivity index (χ4n) is 3.47. The van der Waals surface area contributed by atoms with Gasteiger partial charge in [0.05, 0.1) is 4.90 Å². The number of nitrogens with two attached hydrogens (primary N) is 1. The molecule has 9 heteroatoms. The standard InChI is InChI=1S/C26H31N5O3S/c1-17(29-21-9-7-8-19(16-21)24(27)28)25(32)30-20-14-12-18(13-15-20)22-10-5-6-11-23(22)35(33,34)31-26(2,3)4/h5-17,29,31H,1-4H3,(H3,27,28)(H,30,32)/t17-/m1/s1. The second-order valence-corrected chi connectivity index (χ2v) is 10.9. The first-order valence-electron chi connectivity index (χ1n) is 11.1. The lowest BCUT2D eigenvalue weighted by molar-refractivity contribution is -0.116. The molecule has 8 nitrogen and oxygen atoms in total. The number of hydrogen-bond donors (Lipinski definition) is 5. The molecule has 1 atom stereocenters. The summed E-state index contributed by atoms with van der Waals surface area (Å²) in [5.41, 5.74) is 8.03. The van der Waals surface area contributed by atoms with E-state index in [2.05, 4.69) is 15.4 Å². The van der Waals surface area contributed by atoms with Crippen molar-refractivity contribution in [1.29, 1.82) is 5.41 Å². The van der Waals surface area contributed by atoms with Crippen LogP contribution in [0.3, 0.4) is 0 Å². The van der Waals surface area contributed by atoms with Gasteiger partial charge in [-0.3, -0.25) is 10.2 Å². The minimum absolute atomic E-state index is 0.0468. The monoisotopic (exact) mass is 493 g/mol. The van der Waals surface area contributed by atoms with E-state index in [-0.39, 0.29) is 16.6 Å². The van der Waals surface area contributed by atoms with Crippen molar-refractivity contribution in [2.75, 3.05) is 10.6 Å². The van der Waals surface area contributed by atoms with Crippen LogP contribution in [0.25, 0.3) is 11.1 Å². The molecule has 0 spiro atoms. The number of carbonyl (C=O) groups is 1. The number of rotatable bonds is 8. The molecule has 0 aromatic heterocycles. The van der Waals surface area contributed by atoms with Crippen molar-refractivity contribution in [3.05, 3.63) is 78.4 Å². The van der Waals surface area contributed by atoms with E-state index < -0.39 is 21.6 Å². The van der Waals surface area contributed by atoms with E-state index in [1.807, 2.05) is 0 Å². The molecule has 0 aliphatic rings. The summed E-state index contributed by atoms with van der Waals surface area (Å²) >= 11 is 0. The Hall–Kier alpha value is -3.69. The third kappa shape index (κ3) is 6.91. The van der Waals surface area contributed by atoms with Crippen LogP contribution in [0, 0.1) is 5.41 Å². The molecule has 0 saturated heterocycles. The highest BCUT2D eigenvalue weighted by Crippen LogP contribution is 2.29. The predicted molar refractivity (Wildman–Crippen MR) is 141 cm³/mol. The number of benzene rings is 3. The number of hydrogen-bond acceptors (Lipinski definition) is 5. The van der Waals surface area contributed by atoms with Gasteiger partial charge in [-0.1, -0.05) is 42.5 Å². The molecule has 3 rings (SSSR count). The van der Waals surface area contributed by atoms with E-state index >= 15 is 0 Å². The zero-order valence-electron chi connectivity index (χ0n) is 20.2. The molecule has 184 valence electrons. The van der Waals surface area contributed by atoms with Crippen molar-refractivity contribution in [3.63, 3.8) is 0 Å². The Morgan fingerprint density at radius 2 is 1.60 bits per heavy atom. The largest absolute Gasteiger partial charge is 0.384 e. The van der Waals surface area contributed by atoms with Crippen molar-refractivity contribution in [1.82, 2.24) is 4.72 Å². The first-order chi connectivity index (χ1) is 16.4. The van der Waals surface area contributed by atoms with E-state index in [1.54, 1.807) is 100 Å². The molecule has 0 aliphatic heterocycles. The summed E-state index contributed by atoms with van der Waals surface area (Å²) in [6.07, 6.45) is 0. The lowest BCUT2D eigenvalue weighted by atomic mass is 10.1. The van der Waals surface area contributed by atoms with Crippen molar-refractivity contribution in [2.45, 2.75) is 44.2 Å². The first-order valence-corrected chi connectivity index (χ1v) is 12.6. The molecular weight excluding hydrogens is 462 g/mol. The first kappa shape index (κ1) is 25.9. The number of sulfonamides is 1. The van der Waals surface area contributed by atoms with E-state index in [0.717, 1.165) is 0 Å². The Balaban J connectivity index is 1.74. The molecule has 0 aliphatic carbocycles. The molecule has 3 aromatic rings. The summed E-state index contributed by atoms with van der Waals surface area (Å²) in [5.74, 6) is -0.294. The SMILES string of the molecule is C[C@@H](Nc1cccc(C(=N)N)c1)C(=O)Nc1ccc(-c2ccccc2S(=O)(=O)NC(C)(C)C)cc1. The summed E-state index contributed by atoms with van der Waals surface area (Å²) in [6.45, 7) is 7.11. The van der Waals surface area contributed by atoms with Crippen molar-refractivity contribution < 1.29 is 13.2 Å². The maximum Gasteiger partial charge on any atom is 0.246 e. The molecular formula is C26H31N5O3S. The summed E-state index contributed by atoms with van der Waals surface area (Å²) in [7, 11) is -3.72. The van der Waals surface area contributed by atoms with Crippen LogP contribution >= 0.6 is 0 Å². The number of anilines is 2. The minimum Gasteiger partial charge on any atom is -0.384 e. The van der Waals surface area contributed by atoms with Gasteiger partial charge < -0.3 is 16.4 Å². The summed E-state index contributed by atoms with van der Waals surface area (Å²) in [5, 5.41) is 13.5. The number of amidine groups is 1. The molecule has 1 amide bonds. The van der Waals surface area contributed by atoms with Crippen LogP contribution in [0.15, 0.2) is 77.7 Å². The molecule has 0 saturated carbocycles. The van der Waals surface area contributed by atoms with Crippen LogP contribution in [0.1, 0.15) is 33.3 Å². The third-order valence-electron chi connectivity index (χ3n) is 5.03. The zero-order chi connectivity index (χ0) is 25.8. The summed E-state index contributed by atoms with van der Waals surface area (Å²) in [4.78, 5) is 12.9. The van der Waals surface area contributed by atoms with Crippen LogP contribution < -0.4 is 21.1 Å². The molecule has 0 bridgehead atoms. The molecule has 0 unspecified atom stereocenters. The predicted octanol–water partition coefficient (Wildman–Crippen LogP) is 4.15. The van der Waals surface area contributed by atoms with Crippen LogP contribution in [-0.2, 0) is 14.8 Å². The third-order valence-corrected chi connectivity index (χ3v) is 6.85. The van der Waals surface area contributed by atoms with E-state index in [9.17, 15) is 13.2 Å². The zero-order valence-corrected chi connectivity index (χ0v) is 21.0. The molecule has 6 N–H and O–H groups in total. The van der Waals surface area contributed by atoms with Crippen LogP contribution in [0.2, 0.25) is 0 Å². The van der Waals surface area contributed by atoms with Gasteiger partial charge in [0.15, 0.2) is 0 Å². The van der Waals surface area contributed by atoms with Gasteiger partial charge >= 0.3 is 0 Å². The van der Waals surface area contributed by atoms with Gasteiger partial charge in [-0.05, 0) is 63.6 Å². The van der Waals surface area contributed by atoms with Crippen molar-refractivity contribution >= 4 is 33.1 Å². The van der Waals surface area contributed by atoms with Crippen LogP contribution in [0.4, 0.5) is 11.4 Å². The van der Waals surface area contributed by atoms with Gasteiger partial charge in [-0.25, -0.2) is 13.1 Å². The highest BCUT2D eigenvalue weighted by molar-refractivity contribution is 7.89. The second kappa shape index (κ2) is 10.3. The maximum atomic E-state index is 12.9. The summed E-state index contributed by atoms with van der Waals surface area (Å²) in [6, 6.07) is 20.3.